The van der Waals surface area contributed by atoms with E-state index in [0.717, 1.165) is 11.8 Å². The third-order valence-electron chi connectivity index (χ3n) is 2.21. The fourth-order valence-electron chi connectivity index (χ4n) is 1.38. The highest BCUT2D eigenvalue weighted by molar-refractivity contribution is 7.92. The number of aromatic nitrogens is 2. The van der Waals surface area contributed by atoms with Gasteiger partial charge in [-0.1, -0.05) is 23.2 Å². The molecule has 0 fully saturated rings. The summed E-state index contributed by atoms with van der Waals surface area (Å²) in [5.41, 5.74) is 1.21. The number of hydrogen-bond acceptors (Lipinski definition) is 4. The third kappa shape index (κ3) is 3.34. The lowest BCUT2D eigenvalue weighted by atomic mass is 10.3. The molecule has 2 rings (SSSR count). The Morgan fingerprint density at radius 1 is 1.16 bits per heavy atom. The Hall–Kier alpha value is -1.37. The van der Waals surface area contributed by atoms with Crippen molar-refractivity contribution in [3.05, 3.63) is 46.5 Å². The highest BCUT2D eigenvalue weighted by Gasteiger charge is 2.16. The van der Waals surface area contributed by atoms with Crippen molar-refractivity contribution in [2.75, 3.05) is 4.72 Å². The standard InChI is InChI=1S/C11H9Cl2N3O2S/c1-7-2-8(5-14-4-7)16-19(17,18)9-3-10(12)11(13)15-6-9/h2-6,16H,1H3. The Morgan fingerprint density at radius 2 is 1.89 bits per heavy atom. The molecule has 19 heavy (non-hydrogen) atoms. The zero-order valence-electron chi connectivity index (χ0n) is 9.76. The van der Waals surface area contributed by atoms with Crippen molar-refractivity contribution < 1.29 is 8.42 Å². The summed E-state index contributed by atoms with van der Waals surface area (Å²) in [5, 5.41) is 0.129. The van der Waals surface area contributed by atoms with Crippen LogP contribution in [0.2, 0.25) is 10.2 Å². The van der Waals surface area contributed by atoms with Crippen molar-refractivity contribution in [2.45, 2.75) is 11.8 Å². The van der Waals surface area contributed by atoms with E-state index in [1.165, 1.54) is 12.3 Å². The fourth-order valence-corrected chi connectivity index (χ4v) is 2.71. The first-order valence-electron chi connectivity index (χ1n) is 5.14. The molecule has 2 aromatic rings. The van der Waals surface area contributed by atoms with E-state index in [2.05, 4.69) is 14.7 Å². The van der Waals surface area contributed by atoms with Crippen molar-refractivity contribution in [1.29, 1.82) is 0 Å². The number of rotatable bonds is 3. The highest BCUT2D eigenvalue weighted by Crippen LogP contribution is 2.23. The molecular weight excluding hydrogens is 309 g/mol. The van der Waals surface area contributed by atoms with Gasteiger partial charge in [0.2, 0.25) is 0 Å². The van der Waals surface area contributed by atoms with Crippen LogP contribution < -0.4 is 4.72 Å². The summed E-state index contributed by atoms with van der Waals surface area (Å²) >= 11 is 11.4. The second-order valence-corrected chi connectivity index (χ2v) is 6.25. The molecule has 8 heteroatoms. The average Bonchev–Trinajstić information content (AvgIpc) is 2.32. The third-order valence-corrected chi connectivity index (χ3v) is 4.24. The summed E-state index contributed by atoms with van der Waals surface area (Å²) in [6.45, 7) is 1.81. The average molecular weight is 318 g/mol. The summed E-state index contributed by atoms with van der Waals surface area (Å²) in [4.78, 5) is 7.54. The smallest absolute Gasteiger partial charge is 0.263 e. The number of nitrogens with one attached hydrogen (secondary N) is 1. The predicted octanol–water partition coefficient (Wildman–Crippen LogP) is 2.89. The van der Waals surface area contributed by atoms with Gasteiger partial charge in [0.25, 0.3) is 10.0 Å². The van der Waals surface area contributed by atoms with Crippen molar-refractivity contribution >= 4 is 38.9 Å². The number of pyridine rings is 2. The zero-order chi connectivity index (χ0) is 14.0. The van der Waals surface area contributed by atoms with Gasteiger partial charge in [-0.3, -0.25) is 9.71 Å². The van der Waals surface area contributed by atoms with E-state index in [1.807, 2.05) is 6.92 Å². The lowest BCUT2D eigenvalue weighted by Crippen LogP contribution is -2.13. The highest BCUT2D eigenvalue weighted by atomic mass is 35.5. The van der Waals surface area contributed by atoms with Gasteiger partial charge in [0, 0.05) is 12.4 Å². The van der Waals surface area contributed by atoms with E-state index in [1.54, 1.807) is 12.3 Å². The van der Waals surface area contributed by atoms with Crippen LogP contribution in [-0.2, 0) is 10.0 Å². The normalized spacial score (nSPS) is 11.3. The maximum Gasteiger partial charge on any atom is 0.263 e. The molecule has 0 atom stereocenters. The molecule has 0 radical (unpaired) electrons. The maximum absolute atomic E-state index is 12.1. The Balaban J connectivity index is 2.35. The molecule has 0 saturated heterocycles. The summed E-state index contributed by atoms with van der Waals surface area (Å²) in [5.74, 6) is 0. The minimum atomic E-state index is -3.76. The number of halogens is 2. The number of sulfonamides is 1. The van der Waals surface area contributed by atoms with Gasteiger partial charge in [-0.25, -0.2) is 13.4 Å². The van der Waals surface area contributed by atoms with E-state index in [-0.39, 0.29) is 15.1 Å². The van der Waals surface area contributed by atoms with Gasteiger partial charge in [0.05, 0.1) is 16.9 Å². The summed E-state index contributed by atoms with van der Waals surface area (Å²) in [7, 11) is -3.76. The molecule has 1 N–H and O–H groups in total. The molecule has 0 aromatic carbocycles. The molecular formula is C11H9Cl2N3O2S. The van der Waals surface area contributed by atoms with Crippen LogP contribution in [0.3, 0.4) is 0 Å². The molecule has 0 bridgehead atoms. The number of anilines is 1. The predicted molar refractivity (Wildman–Crippen MR) is 74.0 cm³/mol. The zero-order valence-corrected chi connectivity index (χ0v) is 12.1. The Morgan fingerprint density at radius 3 is 2.53 bits per heavy atom. The first-order chi connectivity index (χ1) is 8.88. The monoisotopic (exact) mass is 317 g/mol. The molecule has 0 saturated carbocycles. The van der Waals surface area contributed by atoms with Crippen LogP contribution in [0.5, 0.6) is 0 Å². The topological polar surface area (TPSA) is 72.0 Å². The van der Waals surface area contributed by atoms with Gasteiger partial charge in [-0.05, 0) is 24.6 Å². The molecule has 100 valence electrons. The Kier molecular flexibility index (Phi) is 3.93. The first kappa shape index (κ1) is 14.0. The largest absolute Gasteiger partial charge is 0.278 e. The SMILES string of the molecule is Cc1cncc(NS(=O)(=O)c2cnc(Cl)c(Cl)c2)c1. The Bertz CT molecular complexity index is 720. The molecule has 0 spiro atoms. The van der Waals surface area contributed by atoms with E-state index in [0.29, 0.717) is 5.69 Å². The molecule has 2 aromatic heterocycles. The van der Waals surface area contributed by atoms with Crippen LogP contribution in [0.1, 0.15) is 5.56 Å². The fraction of sp³-hybridized carbons (Fsp3) is 0.0909. The van der Waals surface area contributed by atoms with Crippen LogP contribution >= 0.6 is 23.2 Å². The molecule has 0 aliphatic carbocycles. The maximum atomic E-state index is 12.1. The van der Waals surface area contributed by atoms with Gasteiger partial charge >= 0.3 is 0 Å². The van der Waals surface area contributed by atoms with Crippen molar-refractivity contribution in [3.63, 3.8) is 0 Å². The summed E-state index contributed by atoms with van der Waals surface area (Å²) < 4.78 is 26.6. The van der Waals surface area contributed by atoms with Crippen molar-refractivity contribution in [1.82, 2.24) is 9.97 Å². The lowest BCUT2D eigenvalue weighted by molar-refractivity contribution is 0.601. The van der Waals surface area contributed by atoms with Crippen molar-refractivity contribution in [3.8, 4) is 0 Å². The van der Waals surface area contributed by atoms with Gasteiger partial charge in [0.1, 0.15) is 10.0 Å². The van der Waals surface area contributed by atoms with Crippen LogP contribution in [0.25, 0.3) is 0 Å². The summed E-state index contributed by atoms with van der Waals surface area (Å²) in [6.07, 6.45) is 4.17. The molecule has 0 amide bonds. The second kappa shape index (κ2) is 5.32. The van der Waals surface area contributed by atoms with Crippen LogP contribution in [0.4, 0.5) is 5.69 Å². The molecule has 2 heterocycles. The quantitative estimate of drug-likeness (QED) is 0.883. The minimum Gasteiger partial charge on any atom is -0.278 e. The first-order valence-corrected chi connectivity index (χ1v) is 7.38. The van der Waals surface area contributed by atoms with Crippen LogP contribution in [0, 0.1) is 6.92 Å². The van der Waals surface area contributed by atoms with E-state index in [9.17, 15) is 8.42 Å². The number of aryl methyl sites for hydroxylation is 1. The van der Waals surface area contributed by atoms with Gasteiger partial charge in [-0.2, -0.15) is 0 Å². The summed E-state index contributed by atoms with van der Waals surface area (Å²) in [6, 6.07) is 2.90. The van der Waals surface area contributed by atoms with Gasteiger partial charge in [0.15, 0.2) is 0 Å². The second-order valence-electron chi connectivity index (χ2n) is 3.80. The van der Waals surface area contributed by atoms with Crippen LogP contribution in [-0.4, -0.2) is 18.4 Å². The van der Waals surface area contributed by atoms with E-state index < -0.39 is 10.0 Å². The van der Waals surface area contributed by atoms with Crippen molar-refractivity contribution in [2.24, 2.45) is 0 Å². The van der Waals surface area contributed by atoms with Gasteiger partial charge < -0.3 is 0 Å². The number of hydrogen-bond donors (Lipinski definition) is 1. The molecule has 5 nitrogen and oxygen atoms in total. The Labute approximate surface area is 120 Å². The molecule has 0 unspecified atom stereocenters. The van der Waals surface area contributed by atoms with E-state index >= 15 is 0 Å². The van der Waals surface area contributed by atoms with E-state index in [4.69, 9.17) is 23.2 Å². The molecule has 0 aliphatic heterocycles. The molecule has 0 aliphatic rings. The lowest BCUT2D eigenvalue weighted by Gasteiger charge is -2.08. The van der Waals surface area contributed by atoms with Gasteiger partial charge in [-0.15, -0.1) is 0 Å². The van der Waals surface area contributed by atoms with Crippen LogP contribution in [0.15, 0.2) is 35.6 Å². The minimum absolute atomic E-state index is 0.0536. The number of nitrogens with zero attached hydrogens (tertiary/aromatic N) is 2.